The highest BCUT2D eigenvalue weighted by Gasteiger charge is 2.21. The van der Waals surface area contributed by atoms with Crippen molar-refractivity contribution in [3.63, 3.8) is 0 Å². The van der Waals surface area contributed by atoms with Crippen LogP contribution in [-0.2, 0) is 4.74 Å². The Balaban J connectivity index is 1.39. The molecule has 0 radical (unpaired) electrons. The van der Waals surface area contributed by atoms with Crippen molar-refractivity contribution in [2.45, 2.75) is 25.7 Å². The highest BCUT2D eigenvalue weighted by molar-refractivity contribution is 5.80. The number of hydrogen-bond acceptors (Lipinski definition) is 2. The van der Waals surface area contributed by atoms with Crippen LogP contribution in [0.3, 0.4) is 0 Å². The number of guanidine groups is 1. The van der Waals surface area contributed by atoms with E-state index in [2.05, 4.69) is 51.6 Å². The van der Waals surface area contributed by atoms with Gasteiger partial charge in [0.05, 0.1) is 6.61 Å². The van der Waals surface area contributed by atoms with Gasteiger partial charge in [-0.1, -0.05) is 42.0 Å². The second-order valence-electron chi connectivity index (χ2n) is 6.69. The Morgan fingerprint density at radius 3 is 2.67 bits per heavy atom. The molecule has 1 saturated heterocycles. The molecule has 0 aromatic heterocycles. The summed E-state index contributed by atoms with van der Waals surface area (Å²) in [5, 5.41) is 3.43. The number of nitrogens with zero attached hydrogens (tertiary/aromatic N) is 2. The van der Waals surface area contributed by atoms with Gasteiger partial charge in [0.1, 0.15) is 0 Å². The van der Waals surface area contributed by atoms with Crippen LogP contribution < -0.4 is 5.32 Å². The molecule has 1 aliphatic heterocycles. The molecule has 1 N–H and O–H groups in total. The van der Waals surface area contributed by atoms with Gasteiger partial charge >= 0.3 is 0 Å². The summed E-state index contributed by atoms with van der Waals surface area (Å²) < 4.78 is 5.68. The molecule has 24 heavy (non-hydrogen) atoms. The topological polar surface area (TPSA) is 36.9 Å². The van der Waals surface area contributed by atoms with Gasteiger partial charge in [0.2, 0.25) is 0 Å². The minimum atomic E-state index is 0.766. The molecule has 2 fully saturated rings. The average Bonchev–Trinajstić information content (AvgIpc) is 3.44. The van der Waals surface area contributed by atoms with Gasteiger partial charge in [-0.15, -0.1) is 0 Å². The fourth-order valence-electron chi connectivity index (χ4n) is 3.04. The summed E-state index contributed by atoms with van der Waals surface area (Å²) in [6.07, 6.45) is 7.24. The lowest BCUT2D eigenvalue weighted by Gasteiger charge is -2.31. The van der Waals surface area contributed by atoms with E-state index in [1.807, 2.05) is 7.05 Å². The van der Waals surface area contributed by atoms with Crippen LogP contribution in [0.5, 0.6) is 0 Å². The highest BCUT2D eigenvalue weighted by Crippen LogP contribution is 2.28. The van der Waals surface area contributed by atoms with Gasteiger partial charge in [-0.2, -0.15) is 0 Å². The number of benzene rings is 1. The molecule has 1 heterocycles. The van der Waals surface area contributed by atoms with E-state index in [9.17, 15) is 0 Å². The monoisotopic (exact) mass is 327 g/mol. The van der Waals surface area contributed by atoms with Crippen molar-refractivity contribution >= 4 is 12.0 Å². The number of aliphatic imine (C=N–C) groups is 1. The molecule has 1 saturated carbocycles. The highest BCUT2D eigenvalue weighted by atomic mass is 16.5. The molecular formula is C20H29N3O. The van der Waals surface area contributed by atoms with Crippen molar-refractivity contribution in [1.29, 1.82) is 0 Å². The molecule has 3 rings (SSSR count). The second kappa shape index (κ2) is 8.88. The number of likely N-dealkylation sites (tertiary alicyclic amines) is 1. The minimum Gasteiger partial charge on any atom is -0.379 e. The van der Waals surface area contributed by atoms with Gasteiger partial charge in [-0.25, -0.2) is 0 Å². The molecule has 0 unspecified atom stereocenters. The Morgan fingerprint density at radius 1 is 1.25 bits per heavy atom. The molecule has 1 aromatic rings. The van der Waals surface area contributed by atoms with Crippen LogP contribution >= 0.6 is 0 Å². The van der Waals surface area contributed by atoms with Crippen LogP contribution in [0.1, 0.15) is 31.2 Å². The Labute approximate surface area is 145 Å². The number of ether oxygens (including phenoxy) is 1. The lowest BCUT2D eigenvalue weighted by Crippen LogP contribution is -2.45. The first-order valence-electron chi connectivity index (χ1n) is 9.13. The van der Waals surface area contributed by atoms with Crippen LogP contribution in [0, 0.1) is 5.92 Å². The van der Waals surface area contributed by atoms with E-state index in [1.165, 1.54) is 24.0 Å². The standard InChI is InChI=1S/C20H29N3O/c1-21-20(22-11-14-24-16-19-7-8-19)23-12-9-18(10-13-23)15-17-5-3-2-4-6-17/h2-6,15,19H,7-14,16H2,1H3,(H,21,22). The first-order chi connectivity index (χ1) is 11.8. The Hall–Kier alpha value is -1.81. The number of hydrogen-bond donors (Lipinski definition) is 1. The summed E-state index contributed by atoms with van der Waals surface area (Å²) >= 11 is 0. The smallest absolute Gasteiger partial charge is 0.193 e. The van der Waals surface area contributed by atoms with Gasteiger partial charge in [-0.05, 0) is 37.2 Å². The minimum absolute atomic E-state index is 0.766. The molecule has 0 atom stereocenters. The Kier molecular flexibility index (Phi) is 6.30. The number of nitrogens with one attached hydrogen (secondary N) is 1. The molecule has 130 valence electrons. The molecule has 1 aromatic carbocycles. The largest absolute Gasteiger partial charge is 0.379 e. The zero-order chi connectivity index (χ0) is 16.6. The summed E-state index contributed by atoms with van der Waals surface area (Å²) in [7, 11) is 1.86. The van der Waals surface area contributed by atoms with Crippen molar-refractivity contribution in [3.05, 3.63) is 41.5 Å². The van der Waals surface area contributed by atoms with Crippen molar-refractivity contribution in [1.82, 2.24) is 10.2 Å². The molecule has 1 aliphatic carbocycles. The van der Waals surface area contributed by atoms with Gasteiger partial charge in [0, 0.05) is 33.3 Å². The third-order valence-corrected chi connectivity index (χ3v) is 4.67. The summed E-state index contributed by atoms with van der Waals surface area (Å²) in [4.78, 5) is 6.77. The van der Waals surface area contributed by atoms with Crippen molar-refractivity contribution in [2.75, 3.05) is 39.9 Å². The fourth-order valence-corrected chi connectivity index (χ4v) is 3.04. The van der Waals surface area contributed by atoms with E-state index >= 15 is 0 Å². The van der Waals surface area contributed by atoms with Crippen LogP contribution in [0.25, 0.3) is 6.08 Å². The van der Waals surface area contributed by atoms with E-state index in [0.717, 1.165) is 57.6 Å². The average molecular weight is 327 g/mol. The maximum absolute atomic E-state index is 5.68. The van der Waals surface area contributed by atoms with Crippen molar-refractivity contribution in [2.24, 2.45) is 10.9 Å². The van der Waals surface area contributed by atoms with Crippen LogP contribution in [0.15, 0.2) is 40.9 Å². The maximum Gasteiger partial charge on any atom is 0.193 e. The lowest BCUT2D eigenvalue weighted by atomic mass is 10.0. The third kappa shape index (κ3) is 5.38. The zero-order valence-electron chi connectivity index (χ0n) is 14.7. The predicted octanol–water partition coefficient (Wildman–Crippen LogP) is 3.17. The summed E-state index contributed by atoms with van der Waals surface area (Å²) in [6, 6.07) is 10.6. The van der Waals surface area contributed by atoms with Gasteiger partial charge in [0.15, 0.2) is 5.96 Å². The third-order valence-electron chi connectivity index (χ3n) is 4.67. The maximum atomic E-state index is 5.68. The molecule has 0 amide bonds. The van der Waals surface area contributed by atoms with E-state index in [0.29, 0.717) is 0 Å². The summed E-state index contributed by atoms with van der Waals surface area (Å²) in [5.74, 6) is 1.84. The summed E-state index contributed by atoms with van der Waals surface area (Å²) in [6.45, 7) is 4.59. The van der Waals surface area contributed by atoms with Gasteiger partial charge in [0.25, 0.3) is 0 Å². The Morgan fingerprint density at radius 2 is 2.00 bits per heavy atom. The van der Waals surface area contributed by atoms with Crippen molar-refractivity contribution in [3.8, 4) is 0 Å². The molecule has 0 spiro atoms. The van der Waals surface area contributed by atoms with E-state index in [4.69, 9.17) is 4.74 Å². The normalized spacial score (nSPS) is 18.6. The van der Waals surface area contributed by atoms with Crippen LogP contribution in [0.4, 0.5) is 0 Å². The molecular weight excluding hydrogens is 298 g/mol. The van der Waals surface area contributed by atoms with Gasteiger partial charge in [-0.3, -0.25) is 4.99 Å². The molecule has 4 heteroatoms. The quantitative estimate of drug-likeness (QED) is 0.495. The second-order valence-corrected chi connectivity index (χ2v) is 6.69. The number of piperidine rings is 1. The lowest BCUT2D eigenvalue weighted by molar-refractivity contribution is 0.128. The molecule has 2 aliphatic rings. The molecule has 4 nitrogen and oxygen atoms in total. The van der Waals surface area contributed by atoms with Crippen LogP contribution in [-0.4, -0.2) is 50.8 Å². The SMILES string of the molecule is CN=C(NCCOCC1CC1)N1CCC(=Cc2ccccc2)CC1. The van der Waals surface area contributed by atoms with Gasteiger partial charge < -0.3 is 15.0 Å². The van der Waals surface area contributed by atoms with E-state index in [1.54, 1.807) is 0 Å². The Bertz CT molecular complexity index is 554. The first kappa shape index (κ1) is 17.0. The first-order valence-corrected chi connectivity index (χ1v) is 9.13. The van der Waals surface area contributed by atoms with Crippen LogP contribution in [0.2, 0.25) is 0 Å². The predicted molar refractivity (Wildman–Crippen MR) is 100 cm³/mol. The number of rotatable bonds is 6. The molecule has 0 bridgehead atoms. The fraction of sp³-hybridized carbons (Fsp3) is 0.550. The summed E-state index contributed by atoms with van der Waals surface area (Å²) in [5.41, 5.74) is 2.83. The zero-order valence-corrected chi connectivity index (χ0v) is 14.7. The van der Waals surface area contributed by atoms with E-state index < -0.39 is 0 Å². The van der Waals surface area contributed by atoms with E-state index in [-0.39, 0.29) is 0 Å². The van der Waals surface area contributed by atoms with Crippen molar-refractivity contribution < 1.29 is 4.74 Å².